The molecule has 0 radical (unpaired) electrons. The summed E-state index contributed by atoms with van der Waals surface area (Å²) in [5.41, 5.74) is 0.491. The zero-order valence-corrected chi connectivity index (χ0v) is 13.0. The van der Waals surface area contributed by atoms with E-state index in [1.54, 1.807) is 0 Å². The van der Waals surface area contributed by atoms with E-state index < -0.39 is 0 Å². The molecule has 0 bridgehead atoms. The molecule has 1 saturated carbocycles. The molecule has 1 heterocycles. The van der Waals surface area contributed by atoms with Crippen LogP contribution in [0.3, 0.4) is 0 Å². The van der Waals surface area contributed by atoms with Gasteiger partial charge in [0.05, 0.1) is 6.61 Å². The Balaban J connectivity index is 1.96. The molecule has 0 aromatic heterocycles. The highest BCUT2D eigenvalue weighted by molar-refractivity contribution is 4.92. The van der Waals surface area contributed by atoms with Crippen LogP contribution in [0.15, 0.2) is 0 Å². The van der Waals surface area contributed by atoms with E-state index in [2.05, 4.69) is 31.0 Å². The number of aliphatic hydroxyl groups excluding tert-OH is 1. The van der Waals surface area contributed by atoms with Gasteiger partial charge in [-0.25, -0.2) is 0 Å². The van der Waals surface area contributed by atoms with Crippen LogP contribution in [0.1, 0.15) is 52.9 Å². The van der Waals surface area contributed by atoms with E-state index >= 15 is 0 Å². The van der Waals surface area contributed by atoms with Crippen LogP contribution >= 0.6 is 0 Å². The summed E-state index contributed by atoms with van der Waals surface area (Å²) in [6, 6.07) is 1.10. The van der Waals surface area contributed by atoms with Crippen LogP contribution in [0.25, 0.3) is 0 Å². The first-order chi connectivity index (χ1) is 9.05. The summed E-state index contributed by atoms with van der Waals surface area (Å²) in [7, 11) is 0. The fourth-order valence-electron chi connectivity index (χ4n) is 4.10. The summed E-state index contributed by atoms with van der Waals surface area (Å²) in [4.78, 5) is 2.54. The molecule has 0 spiro atoms. The van der Waals surface area contributed by atoms with Gasteiger partial charge in [0.25, 0.3) is 0 Å². The molecule has 1 saturated heterocycles. The number of aliphatic hydroxyl groups is 1. The smallest absolute Gasteiger partial charge is 0.0586 e. The predicted molar refractivity (Wildman–Crippen MR) is 80.3 cm³/mol. The van der Waals surface area contributed by atoms with E-state index in [4.69, 9.17) is 0 Å². The predicted octanol–water partition coefficient (Wildman–Crippen LogP) is 2.25. The molecule has 2 fully saturated rings. The van der Waals surface area contributed by atoms with Crippen molar-refractivity contribution in [2.45, 2.75) is 65.0 Å². The Bertz CT molecular complexity index is 280. The summed E-state index contributed by atoms with van der Waals surface area (Å²) in [5.74, 6) is 0.746. The van der Waals surface area contributed by atoms with Gasteiger partial charge in [0.2, 0.25) is 0 Å². The maximum Gasteiger partial charge on any atom is 0.0586 e. The van der Waals surface area contributed by atoms with Gasteiger partial charge in [0, 0.05) is 18.6 Å². The van der Waals surface area contributed by atoms with Gasteiger partial charge in [0.1, 0.15) is 0 Å². The van der Waals surface area contributed by atoms with E-state index in [9.17, 15) is 5.11 Å². The van der Waals surface area contributed by atoms with E-state index in [-0.39, 0.29) is 0 Å². The summed E-state index contributed by atoms with van der Waals surface area (Å²) >= 11 is 0. The molecular weight excluding hydrogens is 236 g/mol. The molecule has 0 amide bonds. The normalized spacial score (nSPS) is 35.7. The first-order valence-corrected chi connectivity index (χ1v) is 8.14. The molecule has 2 N–H and O–H groups in total. The van der Waals surface area contributed by atoms with Crippen LogP contribution in [0.4, 0.5) is 0 Å². The number of nitrogens with zero attached hydrogens (tertiary/aromatic N) is 1. The van der Waals surface area contributed by atoms with Crippen molar-refractivity contribution >= 4 is 0 Å². The van der Waals surface area contributed by atoms with Crippen LogP contribution in [-0.4, -0.2) is 48.3 Å². The lowest BCUT2D eigenvalue weighted by atomic mass is 9.69. The molecule has 0 aromatic rings. The number of rotatable bonds is 5. The Kier molecular flexibility index (Phi) is 5.27. The fraction of sp³-hybridized carbons (Fsp3) is 1.00. The van der Waals surface area contributed by atoms with Gasteiger partial charge >= 0.3 is 0 Å². The van der Waals surface area contributed by atoms with Gasteiger partial charge in [0.15, 0.2) is 0 Å². The lowest BCUT2D eigenvalue weighted by Crippen LogP contribution is -2.48. The van der Waals surface area contributed by atoms with E-state index in [0.29, 0.717) is 24.1 Å². The van der Waals surface area contributed by atoms with Crippen LogP contribution in [-0.2, 0) is 0 Å². The summed E-state index contributed by atoms with van der Waals surface area (Å²) < 4.78 is 0. The van der Waals surface area contributed by atoms with Gasteiger partial charge < -0.3 is 10.4 Å². The molecule has 2 aliphatic rings. The molecule has 1 aliphatic heterocycles. The minimum atomic E-state index is 0.335. The average molecular weight is 268 g/mol. The number of hydrogen-bond donors (Lipinski definition) is 2. The first kappa shape index (κ1) is 15.3. The fourth-order valence-corrected chi connectivity index (χ4v) is 4.10. The summed E-state index contributed by atoms with van der Waals surface area (Å²) in [5, 5.41) is 13.2. The first-order valence-electron chi connectivity index (χ1n) is 8.14. The van der Waals surface area contributed by atoms with Gasteiger partial charge in [-0.2, -0.15) is 0 Å². The van der Waals surface area contributed by atoms with Crippen molar-refractivity contribution in [2.75, 3.05) is 26.2 Å². The summed E-state index contributed by atoms with van der Waals surface area (Å²) in [6.45, 7) is 10.8. The van der Waals surface area contributed by atoms with Crippen molar-refractivity contribution in [3.63, 3.8) is 0 Å². The number of likely N-dealkylation sites (tertiary alicyclic amines) is 1. The number of nitrogens with one attached hydrogen (secondary N) is 1. The van der Waals surface area contributed by atoms with Gasteiger partial charge in [-0.1, -0.05) is 20.8 Å². The maximum atomic E-state index is 9.48. The van der Waals surface area contributed by atoms with Crippen molar-refractivity contribution in [1.82, 2.24) is 10.2 Å². The molecule has 3 atom stereocenters. The lowest BCUT2D eigenvalue weighted by molar-refractivity contribution is 0.0806. The Morgan fingerprint density at radius 2 is 2.11 bits per heavy atom. The maximum absolute atomic E-state index is 9.48. The highest BCUT2D eigenvalue weighted by atomic mass is 16.3. The van der Waals surface area contributed by atoms with Gasteiger partial charge in [-0.05, 0) is 56.5 Å². The third-order valence-corrected chi connectivity index (χ3v) is 5.16. The molecule has 2 rings (SSSR count). The highest BCUT2D eigenvalue weighted by Gasteiger charge is 2.37. The number of hydrogen-bond acceptors (Lipinski definition) is 3. The SMILES string of the molecule is CCNC1CCC(C)(C)CC1CN1CCCC1CO. The quantitative estimate of drug-likeness (QED) is 0.803. The van der Waals surface area contributed by atoms with Crippen LogP contribution in [0.5, 0.6) is 0 Å². The zero-order chi connectivity index (χ0) is 13.9. The molecular formula is C16H32N2O. The van der Waals surface area contributed by atoms with Crippen LogP contribution in [0, 0.1) is 11.3 Å². The molecule has 3 nitrogen and oxygen atoms in total. The zero-order valence-electron chi connectivity index (χ0n) is 13.0. The second-order valence-corrected chi connectivity index (χ2v) is 7.30. The van der Waals surface area contributed by atoms with Crippen molar-refractivity contribution in [3.8, 4) is 0 Å². The molecule has 0 aromatic carbocycles. The van der Waals surface area contributed by atoms with Crippen LogP contribution < -0.4 is 5.32 Å². The highest BCUT2D eigenvalue weighted by Crippen LogP contribution is 2.39. The minimum Gasteiger partial charge on any atom is -0.395 e. The minimum absolute atomic E-state index is 0.335. The van der Waals surface area contributed by atoms with Gasteiger partial charge in [-0.15, -0.1) is 0 Å². The third kappa shape index (κ3) is 3.93. The molecule has 19 heavy (non-hydrogen) atoms. The second-order valence-electron chi connectivity index (χ2n) is 7.30. The standard InChI is InChI=1S/C16H32N2O/c1-4-17-15-7-8-16(2,3)10-13(15)11-18-9-5-6-14(18)12-19/h13-15,17,19H,4-12H2,1-3H3. The average Bonchev–Trinajstić information content (AvgIpc) is 2.79. The van der Waals surface area contributed by atoms with Crippen LogP contribution in [0.2, 0.25) is 0 Å². The summed E-state index contributed by atoms with van der Waals surface area (Å²) in [6.07, 6.45) is 6.40. The Morgan fingerprint density at radius 1 is 1.32 bits per heavy atom. The second kappa shape index (κ2) is 6.55. The van der Waals surface area contributed by atoms with E-state index in [1.165, 1.54) is 45.2 Å². The third-order valence-electron chi connectivity index (χ3n) is 5.16. The Morgan fingerprint density at radius 3 is 2.79 bits per heavy atom. The topological polar surface area (TPSA) is 35.5 Å². The van der Waals surface area contributed by atoms with Crippen molar-refractivity contribution in [2.24, 2.45) is 11.3 Å². The molecule has 3 heteroatoms. The monoisotopic (exact) mass is 268 g/mol. The van der Waals surface area contributed by atoms with Gasteiger partial charge in [-0.3, -0.25) is 4.90 Å². The Labute approximate surface area is 118 Å². The van der Waals surface area contributed by atoms with E-state index in [0.717, 1.165) is 12.5 Å². The van der Waals surface area contributed by atoms with Crippen molar-refractivity contribution < 1.29 is 5.11 Å². The molecule has 1 aliphatic carbocycles. The lowest BCUT2D eigenvalue weighted by Gasteiger charge is -2.43. The van der Waals surface area contributed by atoms with Crippen molar-refractivity contribution in [1.29, 1.82) is 0 Å². The van der Waals surface area contributed by atoms with E-state index in [1.807, 2.05) is 0 Å². The largest absolute Gasteiger partial charge is 0.395 e. The molecule has 3 unspecified atom stereocenters. The Hall–Kier alpha value is -0.120. The van der Waals surface area contributed by atoms with Crippen molar-refractivity contribution in [3.05, 3.63) is 0 Å². The molecule has 112 valence electrons.